The van der Waals surface area contributed by atoms with E-state index in [9.17, 15) is 13.2 Å². The standard InChI is InChI=1S/C17H29N3O4S/c1-13-7-5-9-20(12-13)10-6-8-18-25(22,23)16-11-15(17(21)24-4)19(3)14(16)2/h11,13,18H,5-10,12H2,1-4H3/t13-/m0/s1. The molecular formula is C17H29N3O4S. The molecule has 2 heterocycles. The Morgan fingerprint density at radius 2 is 2.16 bits per heavy atom. The predicted molar refractivity (Wildman–Crippen MR) is 96.1 cm³/mol. The van der Waals surface area contributed by atoms with Crippen molar-refractivity contribution in [3.05, 3.63) is 17.5 Å². The van der Waals surface area contributed by atoms with Crippen molar-refractivity contribution in [1.82, 2.24) is 14.2 Å². The third-order valence-electron chi connectivity index (χ3n) is 4.86. The topological polar surface area (TPSA) is 80.6 Å². The molecule has 1 atom stereocenters. The molecule has 1 aliphatic rings. The van der Waals surface area contributed by atoms with Gasteiger partial charge in [0.15, 0.2) is 0 Å². The minimum absolute atomic E-state index is 0.127. The Bertz CT molecular complexity index is 712. The smallest absolute Gasteiger partial charge is 0.354 e. The largest absolute Gasteiger partial charge is 0.464 e. The van der Waals surface area contributed by atoms with Crippen molar-refractivity contribution in [2.75, 3.05) is 33.3 Å². The van der Waals surface area contributed by atoms with E-state index in [1.165, 1.54) is 30.6 Å². The number of hydrogen-bond acceptors (Lipinski definition) is 5. The van der Waals surface area contributed by atoms with Gasteiger partial charge in [-0.25, -0.2) is 17.9 Å². The van der Waals surface area contributed by atoms with E-state index in [1.807, 2.05) is 0 Å². The molecule has 0 aliphatic carbocycles. The Balaban J connectivity index is 1.94. The van der Waals surface area contributed by atoms with Gasteiger partial charge in [-0.3, -0.25) is 0 Å². The van der Waals surface area contributed by atoms with E-state index in [0.29, 0.717) is 18.2 Å². The van der Waals surface area contributed by atoms with Crippen molar-refractivity contribution < 1.29 is 17.9 Å². The van der Waals surface area contributed by atoms with Crippen LogP contribution in [0.3, 0.4) is 0 Å². The van der Waals surface area contributed by atoms with Crippen LogP contribution in [0.2, 0.25) is 0 Å². The number of ether oxygens (including phenoxy) is 1. The number of carbonyl (C=O) groups is 1. The van der Waals surface area contributed by atoms with E-state index < -0.39 is 16.0 Å². The molecule has 0 aromatic carbocycles. The molecule has 1 fully saturated rings. The molecule has 142 valence electrons. The summed E-state index contributed by atoms with van der Waals surface area (Å²) in [6, 6.07) is 1.37. The van der Waals surface area contributed by atoms with Gasteiger partial charge in [0.25, 0.3) is 0 Å². The van der Waals surface area contributed by atoms with Crippen molar-refractivity contribution in [2.24, 2.45) is 13.0 Å². The summed E-state index contributed by atoms with van der Waals surface area (Å²) in [6.07, 6.45) is 3.26. The second-order valence-electron chi connectivity index (χ2n) is 6.83. The fourth-order valence-corrected chi connectivity index (χ4v) is 4.68. The van der Waals surface area contributed by atoms with Crippen LogP contribution in [0.4, 0.5) is 0 Å². The van der Waals surface area contributed by atoms with Crippen LogP contribution >= 0.6 is 0 Å². The summed E-state index contributed by atoms with van der Waals surface area (Å²) in [5.41, 5.74) is 0.737. The van der Waals surface area contributed by atoms with Gasteiger partial charge in [0.2, 0.25) is 10.0 Å². The predicted octanol–water partition coefficient (Wildman–Crippen LogP) is 1.52. The zero-order valence-electron chi connectivity index (χ0n) is 15.5. The summed E-state index contributed by atoms with van der Waals surface area (Å²) in [5, 5.41) is 0. The summed E-state index contributed by atoms with van der Waals surface area (Å²) in [4.78, 5) is 14.2. The third-order valence-corrected chi connectivity index (χ3v) is 6.43. The monoisotopic (exact) mass is 371 g/mol. The molecule has 1 aromatic heterocycles. The first-order valence-corrected chi connectivity index (χ1v) is 10.2. The van der Waals surface area contributed by atoms with Gasteiger partial charge in [-0.2, -0.15) is 0 Å². The fraction of sp³-hybridized carbons (Fsp3) is 0.706. The summed E-state index contributed by atoms with van der Waals surface area (Å²) in [6.45, 7) is 7.40. The summed E-state index contributed by atoms with van der Waals surface area (Å²) >= 11 is 0. The quantitative estimate of drug-likeness (QED) is 0.581. The van der Waals surface area contributed by atoms with Crippen LogP contribution in [-0.4, -0.2) is 57.1 Å². The number of sulfonamides is 1. The number of likely N-dealkylation sites (tertiary alicyclic amines) is 1. The minimum atomic E-state index is -3.65. The third kappa shape index (κ3) is 4.83. The van der Waals surface area contributed by atoms with Crippen LogP contribution in [0.15, 0.2) is 11.0 Å². The number of nitrogens with one attached hydrogen (secondary N) is 1. The molecule has 0 amide bonds. The molecular weight excluding hydrogens is 342 g/mol. The number of hydrogen-bond donors (Lipinski definition) is 1. The fourth-order valence-electron chi connectivity index (χ4n) is 3.32. The van der Waals surface area contributed by atoms with Crippen LogP contribution in [0.5, 0.6) is 0 Å². The van der Waals surface area contributed by atoms with Crippen LogP contribution in [0, 0.1) is 12.8 Å². The maximum absolute atomic E-state index is 12.5. The van der Waals surface area contributed by atoms with Crippen LogP contribution in [-0.2, 0) is 21.8 Å². The highest BCUT2D eigenvalue weighted by Gasteiger charge is 2.24. The average molecular weight is 372 g/mol. The lowest BCUT2D eigenvalue weighted by Gasteiger charge is -2.30. The normalized spacial score (nSPS) is 19.1. The van der Waals surface area contributed by atoms with E-state index in [0.717, 1.165) is 26.1 Å². The molecule has 25 heavy (non-hydrogen) atoms. The molecule has 1 aromatic rings. The van der Waals surface area contributed by atoms with Crippen molar-refractivity contribution >= 4 is 16.0 Å². The van der Waals surface area contributed by atoms with Gasteiger partial charge in [-0.05, 0) is 51.3 Å². The number of methoxy groups -OCH3 is 1. The number of esters is 1. The number of aromatic nitrogens is 1. The van der Waals surface area contributed by atoms with Gasteiger partial charge in [0.05, 0.1) is 7.11 Å². The highest BCUT2D eigenvalue weighted by atomic mass is 32.2. The van der Waals surface area contributed by atoms with Crippen molar-refractivity contribution in [2.45, 2.75) is 38.0 Å². The Labute approximate surface area is 150 Å². The Morgan fingerprint density at radius 3 is 2.80 bits per heavy atom. The summed E-state index contributed by atoms with van der Waals surface area (Å²) in [5.74, 6) is 0.167. The molecule has 1 aliphatic heterocycles. The number of carbonyl (C=O) groups excluding carboxylic acids is 1. The highest BCUT2D eigenvalue weighted by molar-refractivity contribution is 7.89. The molecule has 0 bridgehead atoms. The molecule has 8 heteroatoms. The second-order valence-corrected chi connectivity index (χ2v) is 8.56. The van der Waals surface area contributed by atoms with Gasteiger partial charge in [0.1, 0.15) is 10.6 Å². The van der Waals surface area contributed by atoms with Crippen LogP contribution in [0.25, 0.3) is 0 Å². The molecule has 0 radical (unpaired) electrons. The molecule has 0 unspecified atom stereocenters. The Hall–Kier alpha value is -1.38. The zero-order chi connectivity index (χ0) is 18.6. The first-order valence-electron chi connectivity index (χ1n) is 8.73. The second kappa shape index (κ2) is 8.33. The highest BCUT2D eigenvalue weighted by Crippen LogP contribution is 2.20. The van der Waals surface area contributed by atoms with Crippen LogP contribution < -0.4 is 4.72 Å². The Morgan fingerprint density at radius 1 is 1.44 bits per heavy atom. The van der Waals surface area contributed by atoms with Gasteiger partial charge < -0.3 is 14.2 Å². The molecule has 1 saturated heterocycles. The average Bonchev–Trinajstić information content (AvgIpc) is 2.87. The first kappa shape index (κ1) is 19.9. The minimum Gasteiger partial charge on any atom is -0.464 e. The lowest BCUT2D eigenvalue weighted by molar-refractivity contribution is 0.0589. The van der Waals surface area contributed by atoms with E-state index in [4.69, 9.17) is 4.74 Å². The van der Waals surface area contributed by atoms with Crippen molar-refractivity contribution in [3.8, 4) is 0 Å². The van der Waals surface area contributed by atoms with Crippen molar-refractivity contribution in [3.63, 3.8) is 0 Å². The van der Waals surface area contributed by atoms with Crippen LogP contribution in [0.1, 0.15) is 42.4 Å². The van der Waals surface area contributed by atoms with E-state index in [-0.39, 0.29) is 10.6 Å². The van der Waals surface area contributed by atoms with E-state index in [2.05, 4.69) is 16.5 Å². The van der Waals surface area contributed by atoms with E-state index >= 15 is 0 Å². The van der Waals surface area contributed by atoms with Gasteiger partial charge in [-0.1, -0.05) is 6.92 Å². The Kier molecular flexibility index (Phi) is 6.65. The van der Waals surface area contributed by atoms with Gasteiger partial charge >= 0.3 is 5.97 Å². The maximum atomic E-state index is 12.5. The summed E-state index contributed by atoms with van der Waals surface area (Å²) in [7, 11) is -0.718. The molecule has 0 saturated carbocycles. The number of nitrogens with zero attached hydrogens (tertiary/aromatic N) is 2. The molecule has 1 N–H and O–H groups in total. The van der Waals surface area contributed by atoms with E-state index in [1.54, 1.807) is 14.0 Å². The van der Waals surface area contributed by atoms with Gasteiger partial charge in [-0.15, -0.1) is 0 Å². The maximum Gasteiger partial charge on any atom is 0.354 e. The lowest BCUT2D eigenvalue weighted by Crippen LogP contribution is -2.36. The zero-order valence-corrected chi connectivity index (χ0v) is 16.4. The van der Waals surface area contributed by atoms with Crippen molar-refractivity contribution in [1.29, 1.82) is 0 Å². The molecule has 7 nitrogen and oxygen atoms in total. The number of piperidine rings is 1. The molecule has 0 spiro atoms. The van der Waals surface area contributed by atoms with Gasteiger partial charge in [0, 0.05) is 25.8 Å². The SMILES string of the molecule is COC(=O)c1cc(S(=O)(=O)NCCCN2CCC[C@H](C)C2)c(C)n1C. The summed E-state index contributed by atoms with van der Waals surface area (Å²) < 4.78 is 34.0. The number of rotatable bonds is 7. The lowest BCUT2D eigenvalue weighted by atomic mass is 10.0. The first-order chi connectivity index (χ1) is 11.8. The molecule has 2 rings (SSSR count).